The number of hydrazine groups is 1. The lowest BCUT2D eigenvalue weighted by molar-refractivity contribution is -0.160. The lowest BCUT2D eigenvalue weighted by atomic mass is 9.90. The zero-order chi connectivity index (χ0) is 19.6. The van der Waals surface area contributed by atoms with Gasteiger partial charge in [0.05, 0.1) is 6.61 Å². The minimum absolute atomic E-state index is 0.0483. The third-order valence-corrected chi connectivity index (χ3v) is 5.72. The van der Waals surface area contributed by atoms with Crippen molar-refractivity contribution in [1.82, 2.24) is 10.4 Å². The van der Waals surface area contributed by atoms with Gasteiger partial charge in [0.1, 0.15) is 0 Å². The Kier molecular flexibility index (Phi) is 10.6. The Labute approximate surface area is 164 Å². The lowest BCUT2D eigenvalue weighted by Crippen LogP contribution is -2.62. The summed E-state index contributed by atoms with van der Waals surface area (Å²) >= 11 is 4.20. The van der Waals surface area contributed by atoms with Gasteiger partial charge in [0.15, 0.2) is 5.54 Å². The largest absolute Gasteiger partial charge is 0.464 e. The SMILES string of the molecule is CCC[C@@]1(N(NCC(N)CS)C(=O)CCCC[C@@H](C)CC)CCOC1=O. The number of unbranched alkanes of at least 4 members (excludes halogenated alkanes) is 1. The Morgan fingerprint density at radius 2 is 2.15 bits per heavy atom. The molecule has 0 saturated carbocycles. The second-order valence-electron chi connectivity index (χ2n) is 7.46. The third-order valence-electron chi connectivity index (χ3n) is 5.25. The van der Waals surface area contributed by atoms with Gasteiger partial charge in [0.2, 0.25) is 5.91 Å². The van der Waals surface area contributed by atoms with Gasteiger partial charge < -0.3 is 10.5 Å². The van der Waals surface area contributed by atoms with Crippen LogP contribution in [0.3, 0.4) is 0 Å². The van der Waals surface area contributed by atoms with E-state index in [0.717, 1.165) is 32.1 Å². The summed E-state index contributed by atoms with van der Waals surface area (Å²) < 4.78 is 5.24. The quantitative estimate of drug-likeness (QED) is 0.196. The van der Waals surface area contributed by atoms with Crippen molar-refractivity contribution < 1.29 is 14.3 Å². The van der Waals surface area contributed by atoms with Crippen molar-refractivity contribution >= 4 is 24.5 Å². The zero-order valence-corrected chi connectivity index (χ0v) is 17.5. The van der Waals surface area contributed by atoms with Gasteiger partial charge in [-0.15, -0.1) is 0 Å². The Morgan fingerprint density at radius 1 is 1.42 bits per heavy atom. The molecule has 1 rings (SSSR count). The van der Waals surface area contributed by atoms with Gasteiger partial charge in [-0.2, -0.15) is 12.6 Å². The molecule has 0 aromatic rings. The van der Waals surface area contributed by atoms with Gasteiger partial charge in [0, 0.05) is 31.2 Å². The molecule has 0 aromatic heterocycles. The fourth-order valence-corrected chi connectivity index (χ4v) is 3.47. The second kappa shape index (κ2) is 11.8. The molecule has 1 saturated heterocycles. The molecule has 1 aliphatic rings. The van der Waals surface area contributed by atoms with Crippen molar-refractivity contribution in [1.29, 1.82) is 0 Å². The Morgan fingerprint density at radius 3 is 2.69 bits per heavy atom. The molecule has 7 heteroatoms. The lowest BCUT2D eigenvalue weighted by Gasteiger charge is -2.38. The van der Waals surface area contributed by atoms with E-state index >= 15 is 0 Å². The summed E-state index contributed by atoms with van der Waals surface area (Å²) in [7, 11) is 0. The number of cyclic esters (lactones) is 1. The fourth-order valence-electron chi connectivity index (χ4n) is 3.34. The molecule has 152 valence electrons. The fraction of sp³-hybridized carbons (Fsp3) is 0.895. The van der Waals surface area contributed by atoms with Crippen LogP contribution in [0.1, 0.15) is 72.1 Å². The molecule has 1 unspecified atom stereocenters. The highest BCUT2D eigenvalue weighted by molar-refractivity contribution is 7.80. The first-order valence-electron chi connectivity index (χ1n) is 10.0. The molecule has 0 radical (unpaired) electrons. The first-order chi connectivity index (χ1) is 12.4. The summed E-state index contributed by atoms with van der Waals surface area (Å²) in [5, 5.41) is 1.54. The van der Waals surface area contributed by atoms with E-state index in [1.807, 2.05) is 6.92 Å². The van der Waals surface area contributed by atoms with Crippen molar-refractivity contribution in [3.8, 4) is 0 Å². The molecule has 26 heavy (non-hydrogen) atoms. The molecule has 1 aliphatic heterocycles. The van der Waals surface area contributed by atoms with Crippen molar-refractivity contribution in [2.75, 3.05) is 18.9 Å². The zero-order valence-electron chi connectivity index (χ0n) is 16.6. The highest BCUT2D eigenvalue weighted by Gasteiger charge is 2.50. The average molecular weight is 388 g/mol. The van der Waals surface area contributed by atoms with E-state index in [2.05, 4.69) is 31.9 Å². The molecule has 0 bridgehead atoms. The molecule has 0 spiro atoms. The van der Waals surface area contributed by atoms with Crippen LogP contribution in [0.15, 0.2) is 0 Å². The number of nitrogens with one attached hydrogen (secondary N) is 1. The molecule has 3 N–H and O–H groups in total. The maximum atomic E-state index is 13.0. The molecular formula is C19H37N3O3S. The van der Waals surface area contributed by atoms with Gasteiger partial charge in [0.25, 0.3) is 0 Å². The van der Waals surface area contributed by atoms with E-state index in [-0.39, 0.29) is 17.9 Å². The predicted octanol–water partition coefficient (Wildman–Crippen LogP) is 2.67. The number of esters is 1. The number of amides is 1. The first kappa shape index (κ1) is 23.2. The van der Waals surface area contributed by atoms with Gasteiger partial charge in [-0.05, 0) is 18.8 Å². The number of hydrogen-bond donors (Lipinski definition) is 3. The number of nitrogens with two attached hydrogens (primary N) is 1. The standard InChI is InChI=1S/C19H37N3O3S/c1-4-10-19(11-12-25-18(19)24)22(21-13-16(20)14-26)17(23)9-7-6-8-15(3)5-2/h15-16,21,26H,4-14,20H2,1-3H3/t15-,16?,19+/m0/s1. The number of nitrogens with zero attached hydrogens (tertiary/aromatic N) is 1. The number of thiol groups is 1. The van der Waals surface area contributed by atoms with Crippen LogP contribution in [-0.2, 0) is 14.3 Å². The minimum Gasteiger partial charge on any atom is -0.464 e. The monoisotopic (exact) mass is 387 g/mol. The van der Waals surface area contributed by atoms with E-state index in [1.54, 1.807) is 5.01 Å². The molecule has 1 amide bonds. The maximum Gasteiger partial charge on any atom is 0.333 e. The third kappa shape index (κ3) is 6.43. The van der Waals surface area contributed by atoms with Crippen molar-refractivity contribution in [2.45, 2.75) is 83.7 Å². The number of ether oxygens (including phenoxy) is 1. The van der Waals surface area contributed by atoms with Crippen LogP contribution in [-0.4, -0.2) is 47.4 Å². The van der Waals surface area contributed by atoms with Gasteiger partial charge in [-0.25, -0.2) is 10.2 Å². The molecule has 1 fully saturated rings. The summed E-state index contributed by atoms with van der Waals surface area (Å²) in [5.41, 5.74) is 8.18. The van der Waals surface area contributed by atoms with E-state index in [4.69, 9.17) is 10.5 Å². The second-order valence-corrected chi connectivity index (χ2v) is 7.83. The molecule has 1 heterocycles. The summed E-state index contributed by atoms with van der Waals surface area (Å²) in [6, 6.07) is -0.185. The highest BCUT2D eigenvalue weighted by Crippen LogP contribution is 2.32. The predicted molar refractivity (Wildman–Crippen MR) is 108 cm³/mol. The van der Waals surface area contributed by atoms with Gasteiger partial charge >= 0.3 is 5.97 Å². The van der Waals surface area contributed by atoms with Crippen molar-refractivity contribution in [3.63, 3.8) is 0 Å². The van der Waals surface area contributed by atoms with Crippen molar-refractivity contribution in [2.24, 2.45) is 11.7 Å². The number of carbonyl (C=O) groups is 2. The first-order valence-corrected chi connectivity index (χ1v) is 10.6. The van der Waals surface area contributed by atoms with E-state index < -0.39 is 5.54 Å². The Balaban J connectivity index is 2.79. The molecule has 0 aliphatic carbocycles. The highest BCUT2D eigenvalue weighted by atomic mass is 32.1. The number of carbonyl (C=O) groups excluding carboxylic acids is 2. The minimum atomic E-state index is -0.904. The van der Waals surface area contributed by atoms with E-state index in [9.17, 15) is 9.59 Å². The topological polar surface area (TPSA) is 84.7 Å². The normalized spacial score (nSPS) is 22.1. The average Bonchev–Trinajstić information content (AvgIpc) is 2.99. The molecule has 3 atom stereocenters. The summed E-state index contributed by atoms with van der Waals surface area (Å²) in [4.78, 5) is 25.5. The van der Waals surface area contributed by atoms with Crippen LogP contribution >= 0.6 is 12.6 Å². The van der Waals surface area contributed by atoms with Gasteiger partial charge in [-0.3, -0.25) is 9.80 Å². The summed E-state index contributed by atoms with van der Waals surface area (Å²) in [6.45, 7) is 7.20. The van der Waals surface area contributed by atoms with Crippen LogP contribution in [0.5, 0.6) is 0 Å². The summed E-state index contributed by atoms with van der Waals surface area (Å²) in [6.07, 6.45) is 6.49. The van der Waals surface area contributed by atoms with Crippen LogP contribution in [0.4, 0.5) is 0 Å². The molecular weight excluding hydrogens is 350 g/mol. The molecule has 0 aromatic carbocycles. The molecule has 6 nitrogen and oxygen atoms in total. The maximum absolute atomic E-state index is 13.0. The number of hydrogen-bond acceptors (Lipinski definition) is 6. The smallest absolute Gasteiger partial charge is 0.333 e. The number of rotatable bonds is 13. The van der Waals surface area contributed by atoms with E-state index in [0.29, 0.717) is 44.1 Å². The van der Waals surface area contributed by atoms with Crippen LogP contribution in [0, 0.1) is 5.92 Å². The van der Waals surface area contributed by atoms with Crippen LogP contribution in [0.25, 0.3) is 0 Å². The van der Waals surface area contributed by atoms with Crippen molar-refractivity contribution in [3.05, 3.63) is 0 Å². The summed E-state index contributed by atoms with van der Waals surface area (Å²) in [5.74, 6) is 0.839. The Bertz CT molecular complexity index is 450. The van der Waals surface area contributed by atoms with Gasteiger partial charge in [-0.1, -0.05) is 46.5 Å². The van der Waals surface area contributed by atoms with Crippen LogP contribution < -0.4 is 11.2 Å². The van der Waals surface area contributed by atoms with E-state index in [1.165, 1.54) is 0 Å². The Hall–Kier alpha value is -0.790. The van der Waals surface area contributed by atoms with Crippen LogP contribution in [0.2, 0.25) is 0 Å².